The van der Waals surface area contributed by atoms with Crippen LogP contribution in [0, 0.1) is 18.7 Å². The number of anilines is 2. The van der Waals surface area contributed by atoms with Crippen LogP contribution < -0.4 is 10.2 Å². The SMILES string of the molecule is Cc1nnc2ccc(N3CCC(C(=O)Nc4ccc(F)c(Cl)c4)CC3)nn12. The number of aromatic nitrogens is 4. The first kappa shape index (κ1) is 17.7. The molecule has 0 spiro atoms. The van der Waals surface area contributed by atoms with E-state index in [9.17, 15) is 9.18 Å². The summed E-state index contributed by atoms with van der Waals surface area (Å²) in [5, 5.41) is 15.4. The summed E-state index contributed by atoms with van der Waals surface area (Å²) in [7, 11) is 0. The molecule has 0 radical (unpaired) electrons. The zero-order valence-electron chi connectivity index (χ0n) is 14.7. The quantitative estimate of drug-likeness (QED) is 0.746. The lowest BCUT2D eigenvalue weighted by Crippen LogP contribution is -2.38. The van der Waals surface area contributed by atoms with Crippen LogP contribution >= 0.6 is 11.6 Å². The number of carbonyl (C=O) groups is 1. The van der Waals surface area contributed by atoms with Gasteiger partial charge in [0, 0.05) is 24.7 Å². The summed E-state index contributed by atoms with van der Waals surface area (Å²) in [6.07, 6.45) is 1.42. The minimum Gasteiger partial charge on any atom is -0.355 e. The molecule has 27 heavy (non-hydrogen) atoms. The van der Waals surface area contributed by atoms with Crippen molar-refractivity contribution < 1.29 is 9.18 Å². The molecule has 0 aliphatic carbocycles. The van der Waals surface area contributed by atoms with Gasteiger partial charge in [0.2, 0.25) is 5.91 Å². The summed E-state index contributed by atoms with van der Waals surface area (Å²) in [6, 6.07) is 7.98. The molecule has 3 heterocycles. The van der Waals surface area contributed by atoms with Crippen molar-refractivity contribution >= 4 is 34.7 Å². The number of hydrogen-bond donors (Lipinski definition) is 1. The Morgan fingerprint density at radius 3 is 2.74 bits per heavy atom. The van der Waals surface area contributed by atoms with Gasteiger partial charge in [0.1, 0.15) is 11.6 Å². The summed E-state index contributed by atoms with van der Waals surface area (Å²) in [5.41, 5.74) is 1.22. The predicted molar refractivity (Wildman–Crippen MR) is 100 cm³/mol. The molecule has 0 bridgehead atoms. The second kappa shape index (κ2) is 7.11. The molecule has 1 aliphatic rings. The number of benzene rings is 1. The number of aryl methyl sites for hydroxylation is 1. The molecule has 0 unspecified atom stereocenters. The smallest absolute Gasteiger partial charge is 0.227 e. The van der Waals surface area contributed by atoms with Gasteiger partial charge in [-0.25, -0.2) is 4.39 Å². The molecular weight excluding hydrogens is 371 g/mol. The van der Waals surface area contributed by atoms with E-state index in [2.05, 4.69) is 25.5 Å². The lowest BCUT2D eigenvalue weighted by molar-refractivity contribution is -0.120. The molecule has 9 heteroatoms. The Kier molecular flexibility index (Phi) is 4.65. The fourth-order valence-electron chi connectivity index (χ4n) is 3.24. The Morgan fingerprint density at radius 2 is 2.00 bits per heavy atom. The van der Waals surface area contributed by atoms with Crippen LogP contribution in [-0.2, 0) is 4.79 Å². The Bertz CT molecular complexity index is 999. The minimum atomic E-state index is -0.504. The van der Waals surface area contributed by atoms with Gasteiger partial charge in [-0.1, -0.05) is 11.6 Å². The lowest BCUT2D eigenvalue weighted by Gasteiger charge is -2.32. The number of fused-ring (bicyclic) bond motifs is 1. The summed E-state index contributed by atoms with van der Waals surface area (Å²) in [6.45, 7) is 3.30. The molecule has 3 aromatic rings. The number of rotatable bonds is 3. The normalized spacial score (nSPS) is 15.3. The maximum atomic E-state index is 13.2. The van der Waals surface area contributed by atoms with Crippen LogP contribution in [0.15, 0.2) is 30.3 Å². The second-order valence-corrected chi connectivity index (χ2v) is 7.00. The monoisotopic (exact) mass is 388 g/mol. The van der Waals surface area contributed by atoms with Crippen LogP contribution in [0.25, 0.3) is 5.65 Å². The molecule has 1 aromatic carbocycles. The Labute approximate surface area is 160 Å². The van der Waals surface area contributed by atoms with Gasteiger partial charge in [0.05, 0.1) is 5.02 Å². The van der Waals surface area contributed by atoms with E-state index in [-0.39, 0.29) is 16.8 Å². The number of piperidine rings is 1. The van der Waals surface area contributed by atoms with E-state index in [1.54, 1.807) is 4.52 Å². The van der Waals surface area contributed by atoms with Crippen LogP contribution in [0.5, 0.6) is 0 Å². The summed E-state index contributed by atoms with van der Waals surface area (Å²) in [4.78, 5) is 14.6. The highest BCUT2D eigenvalue weighted by molar-refractivity contribution is 6.31. The third-order valence-corrected chi connectivity index (χ3v) is 5.07. The summed E-state index contributed by atoms with van der Waals surface area (Å²) < 4.78 is 14.9. The zero-order chi connectivity index (χ0) is 19.0. The highest BCUT2D eigenvalue weighted by Gasteiger charge is 2.26. The topological polar surface area (TPSA) is 75.4 Å². The second-order valence-electron chi connectivity index (χ2n) is 6.59. The molecule has 4 rings (SSSR count). The largest absolute Gasteiger partial charge is 0.355 e. The van der Waals surface area contributed by atoms with Crippen molar-refractivity contribution in [3.8, 4) is 0 Å². The molecule has 1 amide bonds. The minimum absolute atomic E-state index is 0.00614. The Balaban J connectivity index is 1.39. The maximum Gasteiger partial charge on any atom is 0.227 e. The molecule has 1 aliphatic heterocycles. The molecule has 0 saturated carbocycles. The van der Waals surface area contributed by atoms with Crippen molar-refractivity contribution in [2.24, 2.45) is 5.92 Å². The molecule has 1 fully saturated rings. The third kappa shape index (κ3) is 3.57. The van der Waals surface area contributed by atoms with Gasteiger partial charge in [-0.2, -0.15) is 4.52 Å². The van der Waals surface area contributed by atoms with E-state index >= 15 is 0 Å². The van der Waals surface area contributed by atoms with E-state index in [1.807, 2.05) is 19.1 Å². The first-order valence-corrected chi connectivity index (χ1v) is 9.09. The van der Waals surface area contributed by atoms with Crippen molar-refractivity contribution in [2.45, 2.75) is 19.8 Å². The molecule has 1 saturated heterocycles. The fourth-order valence-corrected chi connectivity index (χ4v) is 3.42. The van der Waals surface area contributed by atoms with Gasteiger partial charge < -0.3 is 10.2 Å². The number of nitrogens with zero attached hydrogens (tertiary/aromatic N) is 5. The number of halogens is 2. The number of amides is 1. The van der Waals surface area contributed by atoms with E-state index in [1.165, 1.54) is 18.2 Å². The average molecular weight is 389 g/mol. The van der Waals surface area contributed by atoms with E-state index in [0.717, 1.165) is 24.7 Å². The standard InChI is InChI=1S/C18H18ClFN6O/c1-11-22-23-16-4-5-17(24-26(11)16)25-8-6-12(7-9-25)18(27)21-13-2-3-15(20)14(19)10-13/h2-5,10,12H,6-9H2,1H3,(H,21,27). The molecule has 7 nitrogen and oxygen atoms in total. The van der Waals surface area contributed by atoms with Crippen LogP contribution in [0.4, 0.5) is 15.9 Å². The highest BCUT2D eigenvalue weighted by Crippen LogP contribution is 2.25. The first-order chi connectivity index (χ1) is 13.0. The van der Waals surface area contributed by atoms with Crippen LogP contribution in [0.2, 0.25) is 5.02 Å². The highest BCUT2D eigenvalue weighted by atomic mass is 35.5. The Morgan fingerprint density at radius 1 is 1.22 bits per heavy atom. The maximum absolute atomic E-state index is 13.2. The number of nitrogens with one attached hydrogen (secondary N) is 1. The van der Waals surface area contributed by atoms with Gasteiger partial charge in [0.25, 0.3) is 0 Å². The predicted octanol–water partition coefficient (Wildman–Crippen LogP) is 3.08. The van der Waals surface area contributed by atoms with Crippen molar-refractivity contribution in [3.05, 3.63) is 47.0 Å². The fraction of sp³-hybridized carbons (Fsp3) is 0.333. The van der Waals surface area contributed by atoms with E-state index in [4.69, 9.17) is 11.6 Å². The third-order valence-electron chi connectivity index (χ3n) is 4.78. The molecule has 140 valence electrons. The van der Waals surface area contributed by atoms with Crippen LogP contribution in [0.1, 0.15) is 18.7 Å². The molecule has 1 N–H and O–H groups in total. The van der Waals surface area contributed by atoms with Gasteiger partial charge in [0.15, 0.2) is 11.5 Å². The van der Waals surface area contributed by atoms with E-state index < -0.39 is 5.82 Å². The lowest BCUT2D eigenvalue weighted by atomic mass is 9.96. The van der Waals surface area contributed by atoms with Gasteiger partial charge in [-0.15, -0.1) is 15.3 Å². The Hall–Kier alpha value is -2.74. The van der Waals surface area contributed by atoms with Crippen molar-refractivity contribution in [3.63, 3.8) is 0 Å². The van der Waals surface area contributed by atoms with Gasteiger partial charge >= 0.3 is 0 Å². The van der Waals surface area contributed by atoms with Crippen LogP contribution in [0.3, 0.4) is 0 Å². The van der Waals surface area contributed by atoms with Crippen molar-refractivity contribution in [1.82, 2.24) is 19.8 Å². The molecule has 0 atom stereocenters. The van der Waals surface area contributed by atoms with E-state index in [0.29, 0.717) is 24.2 Å². The number of hydrogen-bond acceptors (Lipinski definition) is 5. The van der Waals surface area contributed by atoms with Gasteiger partial charge in [-0.05, 0) is 50.1 Å². The van der Waals surface area contributed by atoms with Crippen LogP contribution in [-0.4, -0.2) is 38.8 Å². The zero-order valence-corrected chi connectivity index (χ0v) is 15.4. The molecular formula is C18H18ClFN6O. The van der Waals surface area contributed by atoms with Gasteiger partial charge in [-0.3, -0.25) is 4.79 Å². The average Bonchev–Trinajstić information content (AvgIpc) is 3.05. The number of carbonyl (C=O) groups excluding carboxylic acids is 1. The summed E-state index contributed by atoms with van der Waals surface area (Å²) in [5.74, 6) is 0.894. The van der Waals surface area contributed by atoms with Crippen molar-refractivity contribution in [1.29, 1.82) is 0 Å². The first-order valence-electron chi connectivity index (χ1n) is 8.71. The molecule has 2 aromatic heterocycles. The van der Waals surface area contributed by atoms with Crippen molar-refractivity contribution in [2.75, 3.05) is 23.3 Å². The summed E-state index contributed by atoms with van der Waals surface area (Å²) >= 11 is 5.76.